The Labute approximate surface area is 132 Å². The van der Waals surface area contributed by atoms with Gasteiger partial charge in [0.25, 0.3) is 5.43 Å². The fourth-order valence-electron chi connectivity index (χ4n) is 1.74. The van der Waals surface area contributed by atoms with Crippen LogP contribution in [0.5, 0.6) is 5.75 Å². The van der Waals surface area contributed by atoms with Gasteiger partial charge in [0.05, 0.1) is 14.2 Å². The minimum absolute atomic E-state index is 0.0593. The second-order valence-electron chi connectivity index (χ2n) is 3.93. The van der Waals surface area contributed by atoms with Crippen molar-refractivity contribution in [1.29, 1.82) is 0 Å². The zero-order valence-electron chi connectivity index (χ0n) is 11.1. The van der Waals surface area contributed by atoms with Crippen molar-refractivity contribution in [2.75, 3.05) is 14.2 Å². The molecule has 0 fully saturated rings. The van der Waals surface area contributed by atoms with E-state index in [9.17, 15) is 14.0 Å². The lowest BCUT2D eigenvalue weighted by molar-refractivity contribution is 0.0590. The number of aromatic nitrogens is 2. The standard InChI is InChI=1S/C13H10FIN2O4/c1-20-12-9(7-4-3-6(15)5-8(7)14)16-17-10(11(12)18)13(19)21-2/h3-5H,1-2H3,(H,16,18). The Morgan fingerprint density at radius 3 is 2.67 bits per heavy atom. The van der Waals surface area contributed by atoms with Gasteiger partial charge in [-0.05, 0) is 40.8 Å². The van der Waals surface area contributed by atoms with E-state index in [1.165, 1.54) is 19.2 Å². The van der Waals surface area contributed by atoms with Crippen molar-refractivity contribution in [3.05, 3.63) is 43.5 Å². The first-order valence-corrected chi connectivity index (χ1v) is 6.77. The van der Waals surface area contributed by atoms with Crippen LogP contribution < -0.4 is 10.2 Å². The summed E-state index contributed by atoms with van der Waals surface area (Å²) in [6.45, 7) is 0. The smallest absolute Gasteiger partial charge is 0.362 e. The van der Waals surface area contributed by atoms with Crippen LogP contribution >= 0.6 is 22.6 Å². The van der Waals surface area contributed by atoms with E-state index >= 15 is 0 Å². The number of nitrogens with zero attached hydrogens (tertiary/aromatic N) is 1. The van der Waals surface area contributed by atoms with Crippen LogP contribution in [0.15, 0.2) is 23.0 Å². The van der Waals surface area contributed by atoms with E-state index < -0.39 is 22.9 Å². The Hall–Kier alpha value is -1.97. The van der Waals surface area contributed by atoms with E-state index in [2.05, 4.69) is 14.9 Å². The average molecular weight is 404 g/mol. The molecule has 0 spiro atoms. The highest BCUT2D eigenvalue weighted by Gasteiger charge is 2.22. The molecule has 0 atom stereocenters. The van der Waals surface area contributed by atoms with Crippen LogP contribution in [0, 0.1) is 9.39 Å². The number of methoxy groups -OCH3 is 2. The van der Waals surface area contributed by atoms with Gasteiger partial charge in [0.15, 0.2) is 5.75 Å². The molecule has 8 heteroatoms. The van der Waals surface area contributed by atoms with E-state index in [1.807, 2.05) is 22.6 Å². The monoisotopic (exact) mass is 404 g/mol. The first-order valence-electron chi connectivity index (χ1n) is 5.70. The van der Waals surface area contributed by atoms with Crippen molar-refractivity contribution in [1.82, 2.24) is 10.2 Å². The van der Waals surface area contributed by atoms with Crippen LogP contribution in [0.4, 0.5) is 4.39 Å². The molecule has 110 valence electrons. The lowest BCUT2D eigenvalue weighted by atomic mass is 10.1. The van der Waals surface area contributed by atoms with Crippen molar-refractivity contribution >= 4 is 28.6 Å². The summed E-state index contributed by atoms with van der Waals surface area (Å²) in [6, 6.07) is 4.47. The lowest BCUT2D eigenvalue weighted by Crippen LogP contribution is -2.22. The molecule has 2 aromatic rings. The topological polar surface area (TPSA) is 81.3 Å². The third-order valence-electron chi connectivity index (χ3n) is 2.71. The third kappa shape index (κ3) is 2.89. The lowest BCUT2D eigenvalue weighted by Gasteiger charge is -2.09. The molecule has 0 bridgehead atoms. The molecule has 1 N–H and O–H groups in total. The van der Waals surface area contributed by atoms with Gasteiger partial charge in [-0.3, -0.25) is 9.89 Å². The molecule has 0 unspecified atom stereocenters. The molecule has 21 heavy (non-hydrogen) atoms. The molecular weight excluding hydrogens is 394 g/mol. The molecule has 1 aromatic carbocycles. The van der Waals surface area contributed by atoms with Crippen molar-refractivity contribution in [3.8, 4) is 17.0 Å². The molecule has 0 aliphatic rings. The van der Waals surface area contributed by atoms with Gasteiger partial charge >= 0.3 is 5.97 Å². The maximum absolute atomic E-state index is 14.0. The van der Waals surface area contributed by atoms with Crippen LogP contribution in [-0.2, 0) is 4.74 Å². The van der Waals surface area contributed by atoms with Crippen LogP contribution in [0.25, 0.3) is 11.3 Å². The SMILES string of the molecule is COC(=O)c1n[nH]c(-c2ccc(I)cc2F)c(OC)c1=O. The third-order valence-corrected chi connectivity index (χ3v) is 3.38. The van der Waals surface area contributed by atoms with Gasteiger partial charge in [0.1, 0.15) is 11.5 Å². The molecule has 0 amide bonds. The van der Waals surface area contributed by atoms with E-state index in [0.717, 1.165) is 7.11 Å². The molecule has 2 rings (SSSR count). The number of rotatable bonds is 3. The van der Waals surface area contributed by atoms with E-state index in [0.29, 0.717) is 3.57 Å². The summed E-state index contributed by atoms with van der Waals surface area (Å²) in [5, 5.41) is 6.11. The Balaban J connectivity index is 2.68. The molecule has 0 saturated carbocycles. The fourth-order valence-corrected chi connectivity index (χ4v) is 2.19. The number of carbonyl (C=O) groups excluding carboxylic acids is 1. The predicted molar refractivity (Wildman–Crippen MR) is 80.9 cm³/mol. The number of carbonyl (C=O) groups is 1. The van der Waals surface area contributed by atoms with Crippen molar-refractivity contribution in [2.24, 2.45) is 0 Å². The molecule has 0 aliphatic carbocycles. The van der Waals surface area contributed by atoms with Gasteiger partial charge in [-0.1, -0.05) is 0 Å². The summed E-state index contributed by atoms with van der Waals surface area (Å²) in [5.74, 6) is -1.64. The van der Waals surface area contributed by atoms with Crippen LogP contribution in [0.2, 0.25) is 0 Å². The zero-order chi connectivity index (χ0) is 15.6. The molecule has 6 nitrogen and oxygen atoms in total. The number of esters is 1. The van der Waals surface area contributed by atoms with Crippen LogP contribution in [0.1, 0.15) is 10.5 Å². The Bertz CT molecular complexity index is 760. The first-order chi connectivity index (χ1) is 9.99. The van der Waals surface area contributed by atoms with Gasteiger partial charge in [0.2, 0.25) is 5.69 Å². The second-order valence-corrected chi connectivity index (χ2v) is 5.17. The number of hydrogen-bond donors (Lipinski definition) is 1. The molecular formula is C13H10FIN2O4. The predicted octanol–water partition coefficient (Wildman–Crippen LogP) is 1.98. The van der Waals surface area contributed by atoms with Gasteiger partial charge in [-0.15, -0.1) is 0 Å². The Morgan fingerprint density at radius 2 is 2.10 bits per heavy atom. The van der Waals surface area contributed by atoms with E-state index in [4.69, 9.17) is 4.74 Å². The summed E-state index contributed by atoms with van der Waals surface area (Å²) in [7, 11) is 2.38. The summed E-state index contributed by atoms with van der Waals surface area (Å²) in [6.07, 6.45) is 0. The maximum Gasteiger partial charge on any atom is 0.362 e. The summed E-state index contributed by atoms with van der Waals surface area (Å²) in [4.78, 5) is 23.6. The normalized spacial score (nSPS) is 10.3. The quantitative estimate of drug-likeness (QED) is 0.625. The van der Waals surface area contributed by atoms with E-state index in [1.54, 1.807) is 6.07 Å². The molecule has 1 aromatic heterocycles. The maximum atomic E-state index is 14.0. The number of H-pyrrole nitrogens is 1. The van der Waals surface area contributed by atoms with Crippen molar-refractivity contribution < 1.29 is 18.7 Å². The van der Waals surface area contributed by atoms with Gasteiger partial charge < -0.3 is 9.47 Å². The molecule has 0 saturated heterocycles. The number of hydrogen-bond acceptors (Lipinski definition) is 5. The highest BCUT2D eigenvalue weighted by Crippen LogP contribution is 2.27. The van der Waals surface area contributed by atoms with Gasteiger partial charge in [-0.2, -0.15) is 5.10 Å². The molecule has 0 radical (unpaired) electrons. The highest BCUT2D eigenvalue weighted by molar-refractivity contribution is 14.1. The van der Waals surface area contributed by atoms with E-state index in [-0.39, 0.29) is 17.0 Å². The van der Waals surface area contributed by atoms with Gasteiger partial charge in [0, 0.05) is 9.13 Å². The fraction of sp³-hybridized carbons (Fsp3) is 0.154. The number of aromatic amines is 1. The molecule has 0 aliphatic heterocycles. The number of nitrogens with one attached hydrogen (secondary N) is 1. The van der Waals surface area contributed by atoms with Crippen molar-refractivity contribution in [2.45, 2.75) is 0 Å². The summed E-state index contributed by atoms with van der Waals surface area (Å²) >= 11 is 1.97. The Kier molecular flexibility index (Phi) is 4.56. The highest BCUT2D eigenvalue weighted by atomic mass is 127. The Morgan fingerprint density at radius 1 is 1.38 bits per heavy atom. The number of ether oxygens (including phenoxy) is 2. The average Bonchev–Trinajstić information content (AvgIpc) is 2.46. The first kappa shape index (κ1) is 15.4. The van der Waals surface area contributed by atoms with Crippen molar-refractivity contribution in [3.63, 3.8) is 0 Å². The number of halogens is 2. The summed E-state index contributed by atoms with van der Waals surface area (Å²) in [5.41, 5.74) is -1.04. The zero-order valence-corrected chi connectivity index (χ0v) is 13.2. The minimum atomic E-state index is -0.899. The summed E-state index contributed by atoms with van der Waals surface area (Å²) < 4.78 is 24.2. The van der Waals surface area contributed by atoms with Gasteiger partial charge in [-0.25, -0.2) is 9.18 Å². The second kappa shape index (κ2) is 6.20. The molecule has 1 heterocycles. The number of benzene rings is 1. The van der Waals surface area contributed by atoms with Crippen LogP contribution in [-0.4, -0.2) is 30.4 Å². The largest absolute Gasteiger partial charge is 0.491 e. The van der Waals surface area contributed by atoms with Crippen LogP contribution in [0.3, 0.4) is 0 Å². The minimum Gasteiger partial charge on any atom is -0.491 e.